The van der Waals surface area contributed by atoms with E-state index in [9.17, 15) is 14.4 Å². The Hall–Kier alpha value is -3.85. The number of anilines is 1. The van der Waals surface area contributed by atoms with Gasteiger partial charge in [-0.2, -0.15) is 0 Å². The standard InChI is InChI=1S/C21H17N5O3S/c1-26(12-17-24-15-9-11-30-18(15)20(28)25-17)21(29)13-5-7-14(8-6-13)23-19(27)16-4-2-3-10-22-16/h2-11H,12H2,1H3,(H,23,27)(H,24,25,28). The average Bonchev–Trinajstić information content (AvgIpc) is 3.23. The Morgan fingerprint density at radius 2 is 1.93 bits per heavy atom. The van der Waals surface area contributed by atoms with Crippen molar-refractivity contribution < 1.29 is 9.59 Å². The Morgan fingerprint density at radius 3 is 2.67 bits per heavy atom. The molecule has 150 valence electrons. The van der Waals surface area contributed by atoms with Crippen molar-refractivity contribution in [3.05, 3.63) is 87.5 Å². The van der Waals surface area contributed by atoms with Crippen LogP contribution in [0.4, 0.5) is 5.69 Å². The van der Waals surface area contributed by atoms with Crippen molar-refractivity contribution in [3.8, 4) is 0 Å². The smallest absolute Gasteiger partial charge is 0.274 e. The number of hydrogen-bond acceptors (Lipinski definition) is 6. The number of carbonyl (C=O) groups is 2. The van der Waals surface area contributed by atoms with Crippen LogP contribution in [0.3, 0.4) is 0 Å². The van der Waals surface area contributed by atoms with Gasteiger partial charge in [0.25, 0.3) is 17.4 Å². The van der Waals surface area contributed by atoms with E-state index in [4.69, 9.17) is 0 Å². The van der Waals surface area contributed by atoms with Crippen molar-refractivity contribution in [2.75, 3.05) is 12.4 Å². The van der Waals surface area contributed by atoms with Crippen molar-refractivity contribution >= 4 is 39.1 Å². The molecule has 3 aromatic heterocycles. The fraction of sp³-hybridized carbons (Fsp3) is 0.0952. The molecule has 4 aromatic rings. The van der Waals surface area contributed by atoms with Gasteiger partial charge < -0.3 is 15.2 Å². The van der Waals surface area contributed by atoms with Crippen LogP contribution in [0.5, 0.6) is 0 Å². The number of pyridine rings is 1. The van der Waals surface area contributed by atoms with Crippen LogP contribution in [0.15, 0.2) is 64.9 Å². The number of fused-ring (bicyclic) bond motifs is 1. The molecule has 2 N–H and O–H groups in total. The summed E-state index contributed by atoms with van der Waals surface area (Å²) < 4.78 is 0.566. The Kier molecular flexibility index (Phi) is 5.36. The number of rotatable bonds is 5. The maximum Gasteiger partial charge on any atom is 0.274 e. The first-order valence-electron chi connectivity index (χ1n) is 9.05. The van der Waals surface area contributed by atoms with Gasteiger partial charge in [0.1, 0.15) is 16.2 Å². The predicted octanol–water partition coefficient (Wildman–Crippen LogP) is 2.90. The average molecular weight is 419 g/mol. The number of nitrogens with one attached hydrogen (secondary N) is 2. The lowest BCUT2D eigenvalue weighted by Gasteiger charge is -2.17. The summed E-state index contributed by atoms with van der Waals surface area (Å²) in [4.78, 5) is 49.5. The molecule has 4 rings (SSSR count). The van der Waals surface area contributed by atoms with Crippen LogP contribution >= 0.6 is 11.3 Å². The van der Waals surface area contributed by atoms with Gasteiger partial charge in [-0.1, -0.05) is 6.07 Å². The molecule has 0 radical (unpaired) electrons. The summed E-state index contributed by atoms with van der Waals surface area (Å²) in [5.74, 6) is -0.141. The number of hydrogen-bond donors (Lipinski definition) is 2. The molecule has 9 heteroatoms. The van der Waals surface area contributed by atoms with E-state index < -0.39 is 0 Å². The van der Waals surface area contributed by atoms with Crippen molar-refractivity contribution in [1.29, 1.82) is 0 Å². The molecule has 2 amide bonds. The number of aromatic amines is 1. The Balaban J connectivity index is 1.43. The topological polar surface area (TPSA) is 108 Å². The first kappa shape index (κ1) is 19.5. The predicted molar refractivity (Wildman–Crippen MR) is 115 cm³/mol. The molecule has 0 unspecified atom stereocenters. The summed E-state index contributed by atoms with van der Waals surface area (Å²) in [5.41, 5.74) is 1.72. The molecule has 0 atom stereocenters. The fourth-order valence-corrected chi connectivity index (χ4v) is 3.63. The Bertz CT molecular complexity index is 1270. The van der Waals surface area contributed by atoms with Crippen LogP contribution in [-0.4, -0.2) is 38.7 Å². The summed E-state index contributed by atoms with van der Waals surface area (Å²) in [6.45, 7) is 0.165. The lowest BCUT2D eigenvalue weighted by molar-refractivity contribution is 0.0781. The minimum Gasteiger partial charge on any atom is -0.334 e. The third-order valence-electron chi connectivity index (χ3n) is 4.38. The van der Waals surface area contributed by atoms with Crippen molar-refractivity contribution in [1.82, 2.24) is 19.9 Å². The van der Waals surface area contributed by atoms with Crippen molar-refractivity contribution in [2.45, 2.75) is 6.54 Å². The van der Waals surface area contributed by atoms with Gasteiger partial charge in [-0.15, -0.1) is 11.3 Å². The van der Waals surface area contributed by atoms with E-state index in [-0.39, 0.29) is 23.9 Å². The molecule has 3 heterocycles. The Labute approximate surface area is 175 Å². The second-order valence-corrected chi connectivity index (χ2v) is 7.47. The lowest BCUT2D eigenvalue weighted by atomic mass is 10.2. The second-order valence-electron chi connectivity index (χ2n) is 6.56. The number of carbonyl (C=O) groups excluding carboxylic acids is 2. The molecular weight excluding hydrogens is 402 g/mol. The van der Waals surface area contributed by atoms with Gasteiger partial charge in [0.15, 0.2) is 0 Å². The first-order chi connectivity index (χ1) is 14.5. The van der Waals surface area contributed by atoms with Crippen LogP contribution in [0.1, 0.15) is 26.7 Å². The molecular formula is C21H17N5O3S. The summed E-state index contributed by atoms with van der Waals surface area (Å²) >= 11 is 1.33. The molecule has 0 saturated carbocycles. The number of H-pyrrole nitrogens is 1. The van der Waals surface area contributed by atoms with Gasteiger partial charge in [-0.05, 0) is 47.8 Å². The van der Waals surface area contributed by atoms with E-state index in [1.807, 2.05) is 0 Å². The molecule has 8 nitrogen and oxygen atoms in total. The highest BCUT2D eigenvalue weighted by atomic mass is 32.1. The van der Waals surface area contributed by atoms with E-state index >= 15 is 0 Å². The number of thiophene rings is 1. The maximum atomic E-state index is 12.7. The molecule has 0 aliphatic heterocycles. The maximum absolute atomic E-state index is 12.7. The van der Waals surface area contributed by atoms with E-state index in [0.29, 0.717) is 33.0 Å². The largest absolute Gasteiger partial charge is 0.334 e. The van der Waals surface area contributed by atoms with E-state index in [0.717, 1.165) is 0 Å². The SMILES string of the molecule is CN(Cc1nc2ccsc2c(=O)[nH]1)C(=O)c1ccc(NC(=O)c2ccccn2)cc1. The lowest BCUT2D eigenvalue weighted by Crippen LogP contribution is -2.28. The van der Waals surface area contributed by atoms with Gasteiger partial charge in [0.2, 0.25) is 0 Å². The molecule has 30 heavy (non-hydrogen) atoms. The molecule has 1 aromatic carbocycles. The second kappa shape index (κ2) is 8.26. The molecule has 0 fully saturated rings. The van der Waals surface area contributed by atoms with E-state index in [1.54, 1.807) is 67.2 Å². The normalized spacial score (nSPS) is 10.7. The first-order valence-corrected chi connectivity index (χ1v) is 9.93. The van der Waals surface area contributed by atoms with Crippen LogP contribution in [-0.2, 0) is 6.54 Å². The summed E-state index contributed by atoms with van der Waals surface area (Å²) in [7, 11) is 1.64. The molecule has 0 aliphatic rings. The number of amides is 2. The van der Waals surface area contributed by atoms with Crippen LogP contribution in [0.2, 0.25) is 0 Å². The highest BCUT2D eigenvalue weighted by Crippen LogP contribution is 2.15. The molecule has 0 aliphatic carbocycles. The highest BCUT2D eigenvalue weighted by molar-refractivity contribution is 7.17. The van der Waals surface area contributed by atoms with Crippen molar-refractivity contribution in [3.63, 3.8) is 0 Å². The van der Waals surface area contributed by atoms with E-state index in [2.05, 4.69) is 20.3 Å². The van der Waals surface area contributed by atoms with Gasteiger partial charge in [-0.3, -0.25) is 19.4 Å². The van der Waals surface area contributed by atoms with Gasteiger partial charge in [0.05, 0.1) is 12.1 Å². The molecule has 0 spiro atoms. The number of aromatic nitrogens is 3. The zero-order valence-electron chi connectivity index (χ0n) is 16.0. The fourth-order valence-electron chi connectivity index (χ4n) is 2.90. The monoisotopic (exact) mass is 419 g/mol. The van der Waals surface area contributed by atoms with Gasteiger partial charge >= 0.3 is 0 Å². The molecule has 0 saturated heterocycles. The zero-order valence-corrected chi connectivity index (χ0v) is 16.8. The number of nitrogens with zero attached hydrogens (tertiary/aromatic N) is 3. The minimum absolute atomic E-state index is 0.165. The van der Waals surface area contributed by atoms with Crippen LogP contribution < -0.4 is 10.9 Å². The van der Waals surface area contributed by atoms with Crippen LogP contribution in [0, 0.1) is 0 Å². The quantitative estimate of drug-likeness (QED) is 0.517. The summed E-state index contributed by atoms with van der Waals surface area (Å²) in [6.07, 6.45) is 1.55. The summed E-state index contributed by atoms with van der Waals surface area (Å²) in [6, 6.07) is 13.4. The summed E-state index contributed by atoms with van der Waals surface area (Å²) in [5, 5.41) is 4.54. The molecule has 0 bridgehead atoms. The third kappa shape index (κ3) is 4.11. The highest BCUT2D eigenvalue weighted by Gasteiger charge is 2.15. The zero-order chi connectivity index (χ0) is 21.1. The van der Waals surface area contributed by atoms with Gasteiger partial charge in [0, 0.05) is 24.5 Å². The van der Waals surface area contributed by atoms with Crippen molar-refractivity contribution in [2.24, 2.45) is 0 Å². The van der Waals surface area contributed by atoms with Crippen LogP contribution in [0.25, 0.3) is 10.2 Å². The minimum atomic E-state index is -0.328. The van der Waals surface area contributed by atoms with E-state index in [1.165, 1.54) is 16.2 Å². The Morgan fingerprint density at radius 1 is 1.13 bits per heavy atom. The third-order valence-corrected chi connectivity index (χ3v) is 5.29. The van der Waals surface area contributed by atoms with Gasteiger partial charge in [-0.25, -0.2) is 4.98 Å². The number of benzene rings is 1.